The van der Waals surface area contributed by atoms with Gasteiger partial charge in [-0.25, -0.2) is 4.98 Å². The quantitative estimate of drug-likeness (QED) is 0.324. The fourth-order valence-corrected chi connectivity index (χ4v) is 4.24. The molecule has 1 fully saturated rings. The lowest BCUT2D eigenvalue weighted by Crippen LogP contribution is -2.29. The maximum atomic E-state index is 13.1. The van der Waals surface area contributed by atoms with Crippen molar-refractivity contribution >= 4 is 51.7 Å². The van der Waals surface area contributed by atoms with E-state index >= 15 is 0 Å². The lowest BCUT2D eigenvalue weighted by atomic mass is 10.2. The van der Waals surface area contributed by atoms with Crippen LogP contribution in [0.3, 0.4) is 0 Å². The molecule has 0 aromatic carbocycles. The maximum absolute atomic E-state index is 13.1. The van der Waals surface area contributed by atoms with Crippen LogP contribution in [0, 0.1) is 0 Å². The van der Waals surface area contributed by atoms with Gasteiger partial charge in [-0.2, -0.15) is 0 Å². The summed E-state index contributed by atoms with van der Waals surface area (Å²) < 4.78 is 7.22. The number of fused-ring (bicyclic) bond motifs is 1. The number of aliphatic hydroxyl groups is 1. The number of amides is 1. The summed E-state index contributed by atoms with van der Waals surface area (Å²) in [6.07, 6.45) is 4.38. The molecule has 0 spiro atoms. The second-order valence-corrected chi connectivity index (χ2v) is 8.17. The van der Waals surface area contributed by atoms with E-state index in [0.717, 1.165) is 0 Å². The third-order valence-electron chi connectivity index (χ3n) is 4.42. The fourth-order valence-electron chi connectivity index (χ4n) is 2.95. The summed E-state index contributed by atoms with van der Waals surface area (Å²) in [5.41, 5.74) is 0.495. The molecule has 30 heavy (non-hydrogen) atoms. The Bertz CT molecular complexity index is 1020. The van der Waals surface area contributed by atoms with Crippen LogP contribution < -0.4 is 10.9 Å². The van der Waals surface area contributed by atoms with Crippen LogP contribution in [0.15, 0.2) is 34.1 Å². The Hall–Kier alpha value is -2.27. The van der Waals surface area contributed by atoms with Gasteiger partial charge in [-0.1, -0.05) is 30.0 Å². The molecule has 0 atom stereocenters. The van der Waals surface area contributed by atoms with Crippen molar-refractivity contribution in [3.63, 3.8) is 0 Å². The number of pyridine rings is 1. The molecular weight excluding hydrogens is 424 g/mol. The number of nitrogens with one attached hydrogen (secondary N) is 1. The van der Waals surface area contributed by atoms with Gasteiger partial charge >= 0.3 is 0 Å². The number of aromatic nitrogens is 2. The van der Waals surface area contributed by atoms with Crippen molar-refractivity contribution in [2.24, 2.45) is 0 Å². The zero-order valence-electron chi connectivity index (χ0n) is 16.7. The predicted molar refractivity (Wildman–Crippen MR) is 123 cm³/mol. The maximum Gasteiger partial charge on any atom is 0.267 e. The molecule has 0 saturated carbocycles. The van der Waals surface area contributed by atoms with Gasteiger partial charge in [-0.15, -0.1) is 0 Å². The van der Waals surface area contributed by atoms with Crippen LogP contribution in [0.4, 0.5) is 5.82 Å². The first kappa shape index (κ1) is 22.4. The SMILES string of the molecule is CCOCCCN1C(=O)/C(=C/c2c(NCCCO)nc3ccccn3c2=O)SC1=S. The number of hydrogen-bond donors (Lipinski definition) is 2. The van der Waals surface area contributed by atoms with E-state index in [-0.39, 0.29) is 23.6 Å². The highest BCUT2D eigenvalue weighted by Gasteiger charge is 2.32. The standard InChI is InChI=1S/C20H24N4O4S2/c1-2-28-12-6-10-24-19(27)15(30-20(24)29)13-14-17(21-8-5-11-25)22-16-7-3-4-9-23(16)18(14)26/h3-4,7,9,13,21,25H,2,5-6,8,10-12H2,1H3/b15-13-. The molecule has 2 aromatic heterocycles. The van der Waals surface area contributed by atoms with Gasteiger partial charge in [-0.3, -0.25) is 18.9 Å². The summed E-state index contributed by atoms with van der Waals surface area (Å²) in [5.74, 6) is 0.154. The molecule has 1 aliphatic rings. The number of aliphatic hydroxyl groups excluding tert-OH is 1. The Morgan fingerprint density at radius 3 is 2.93 bits per heavy atom. The number of anilines is 1. The molecule has 0 unspecified atom stereocenters. The van der Waals surface area contributed by atoms with Crippen LogP contribution in [-0.4, -0.2) is 62.5 Å². The normalized spacial score (nSPS) is 15.5. The lowest BCUT2D eigenvalue weighted by molar-refractivity contribution is -0.122. The van der Waals surface area contributed by atoms with Gasteiger partial charge in [0.1, 0.15) is 15.8 Å². The van der Waals surface area contributed by atoms with E-state index < -0.39 is 0 Å². The number of hydrogen-bond acceptors (Lipinski definition) is 8. The van der Waals surface area contributed by atoms with E-state index in [2.05, 4.69) is 10.3 Å². The number of thioether (sulfide) groups is 1. The van der Waals surface area contributed by atoms with Crippen molar-refractivity contribution in [2.45, 2.75) is 19.8 Å². The van der Waals surface area contributed by atoms with Gasteiger partial charge in [0.05, 0.1) is 10.5 Å². The van der Waals surface area contributed by atoms with Crippen LogP contribution in [0.5, 0.6) is 0 Å². The highest BCUT2D eigenvalue weighted by atomic mass is 32.2. The molecule has 160 valence electrons. The van der Waals surface area contributed by atoms with Crippen LogP contribution >= 0.6 is 24.0 Å². The zero-order chi connectivity index (χ0) is 21.5. The minimum atomic E-state index is -0.284. The van der Waals surface area contributed by atoms with E-state index in [1.54, 1.807) is 30.5 Å². The number of carbonyl (C=O) groups excluding carboxylic acids is 1. The smallest absolute Gasteiger partial charge is 0.267 e. The molecule has 1 aliphatic heterocycles. The van der Waals surface area contributed by atoms with Crippen molar-refractivity contribution in [1.29, 1.82) is 0 Å². The fraction of sp³-hybridized carbons (Fsp3) is 0.400. The molecule has 0 radical (unpaired) electrons. The first-order chi connectivity index (χ1) is 14.6. The number of carbonyl (C=O) groups is 1. The molecule has 1 saturated heterocycles. The van der Waals surface area contributed by atoms with E-state index in [4.69, 9.17) is 22.1 Å². The predicted octanol–water partition coefficient (Wildman–Crippen LogP) is 2.12. The summed E-state index contributed by atoms with van der Waals surface area (Å²) in [4.78, 5) is 32.4. The molecule has 1 amide bonds. The summed E-state index contributed by atoms with van der Waals surface area (Å²) in [6.45, 7) is 4.05. The highest BCUT2D eigenvalue weighted by molar-refractivity contribution is 8.26. The second kappa shape index (κ2) is 10.7. The van der Waals surface area contributed by atoms with E-state index in [9.17, 15) is 9.59 Å². The van der Waals surface area contributed by atoms with Crippen molar-refractivity contribution in [1.82, 2.24) is 14.3 Å². The number of rotatable bonds is 10. The Morgan fingerprint density at radius 2 is 2.17 bits per heavy atom. The van der Waals surface area contributed by atoms with Gasteiger partial charge in [0.2, 0.25) is 0 Å². The molecule has 0 aliphatic carbocycles. The Morgan fingerprint density at radius 1 is 1.33 bits per heavy atom. The Labute approximate surface area is 183 Å². The van der Waals surface area contributed by atoms with Gasteiger partial charge in [0.25, 0.3) is 11.5 Å². The average molecular weight is 449 g/mol. The van der Waals surface area contributed by atoms with Gasteiger partial charge in [0, 0.05) is 39.1 Å². The second-order valence-electron chi connectivity index (χ2n) is 6.50. The van der Waals surface area contributed by atoms with Crippen molar-refractivity contribution < 1.29 is 14.6 Å². The minimum Gasteiger partial charge on any atom is -0.396 e. The molecule has 2 N–H and O–H groups in total. The number of nitrogens with zero attached hydrogens (tertiary/aromatic N) is 3. The van der Waals surface area contributed by atoms with E-state index in [0.29, 0.717) is 59.8 Å². The Kier molecular flexibility index (Phi) is 7.97. The van der Waals surface area contributed by atoms with E-state index in [1.165, 1.54) is 21.1 Å². The molecule has 10 heteroatoms. The third-order valence-corrected chi connectivity index (χ3v) is 5.80. The minimum absolute atomic E-state index is 0.0231. The Balaban J connectivity index is 1.93. The summed E-state index contributed by atoms with van der Waals surface area (Å²) in [7, 11) is 0. The van der Waals surface area contributed by atoms with Crippen LogP contribution in [0.1, 0.15) is 25.3 Å². The molecule has 3 rings (SSSR count). The topological polar surface area (TPSA) is 96.2 Å². The first-order valence-electron chi connectivity index (χ1n) is 9.76. The van der Waals surface area contributed by atoms with Crippen LogP contribution in [-0.2, 0) is 9.53 Å². The zero-order valence-corrected chi connectivity index (χ0v) is 18.3. The molecular formula is C20H24N4O4S2. The van der Waals surface area contributed by atoms with Crippen molar-refractivity contribution in [3.05, 3.63) is 45.2 Å². The highest BCUT2D eigenvalue weighted by Crippen LogP contribution is 2.33. The molecule has 0 bridgehead atoms. The number of thiocarbonyl (C=S) groups is 1. The van der Waals surface area contributed by atoms with Crippen molar-refractivity contribution in [2.75, 3.05) is 38.2 Å². The third kappa shape index (κ3) is 5.07. The van der Waals surface area contributed by atoms with E-state index in [1.807, 2.05) is 6.92 Å². The lowest BCUT2D eigenvalue weighted by Gasteiger charge is -2.14. The molecule has 8 nitrogen and oxygen atoms in total. The monoisotopic (exact) mass is 448 g/mol. The average Bonchev–Trinajstić information content (AvgIpc) is 3.01. The van der Waals surface area contributed by atoms with Crippen molar-refractivity contribution in [3.8, 4) is 0 Å². The van der Waals surface area contributed by atoms with Crippen LogP contribution in [0.2, 0.25) is 0 Å². The number of ether oxygens (including phenoxy) is 1. The molecule has 3 heterocycles. The summed E-state index contributed by atoms with van der Waals surface area (Å²) in [6, 6.07) is 5.28. The van der Waals surface area contributed by atoms with Gasteiger partial charge < -0.3 is 15.2 Å². The van der Waals surface area contributed by atoms with Gasteiger partial charge in [0.15, 0.2) is 0 Å². The van der Waals surface area contributed by atoms with Crippen LogP contribution in [0.25, 0.3) is 11.7 Å². The summed E-state index contributed by atoms with van der Waals surface area (Å²) >= 11 is 6.54. The largest absolute Gasteiger partial charge is 0.396 e. The first-order valence-corrected chi connectivity index (χ1v) is 11.0. The summed E-state index contributed by atoms with van der Waals surface area (Å²) in [5, 5.41) is 12.1. The molecule has 2 aromatic rings. The van der Waals surface area contributed by atoms with Gasteiger partial charge in [-0.05, 0) is 38.0 Å².